The number of piperazine rings is 1. The minimum Gasteiger partial charge on any atom is -0.369 e. The van der Waals surface area contributed by atoms with Crippen LogP contribution < -0.4 is 10.2 Å². The van der Waals surface area contributed by atoms with Gasteiger partial charge in [-0.15, -0.1) is 0 Å². The monoisotopic (exact) mass is 405 g/mol. The molecular weight excluding hydrogens is 383 g/mol. The minimum absolute atomic E-state index is 0.0282. The van der Waals surface area contributed by atoms with Gasteiger partial charge in [0.15, 0.2) is 5.78 Å². The van der Waals surface area contributed by atoms with E-state index in [1.807, 2.05) is 29.2 Å². The lowest BCUT2D eigenvalue weighted by molar-refractivity contribution is -0.137. The van der Waals surface area contributed by atoms with Crippen LogP contribution >= 0.6 is 0 Å². The van der Waals surface area contributed by atoms with Gasteiger partial charge in [-0.25, -0.2) is 0 Å². The highest BCUT2D eigenvalue weighted by Gasteiger charge is 2.30. The van der Waals surface area contributed by atoms with Crippen molar-refractivity contribution in [1.29, 1.82) is 0 Å². The van der Waals surface area contributed by atoms with Gasteiger partial charge in [-0.05, 0) is 55.5 Å². The molecule has 1 fully saturated rings. The third kappa shape index (κ3) is 5.57. The van der Waals surface area contributed by atoms with Gasteiger partial charge in [0, 0.05) is 43.1 Å². The van der Waals surface area contributed by atoms with Crippen molar-refractivity contribution >= 4 is 23.1 Å². The van der Waals surface area contributed by atoms with Gasteiger partial charge in [-0.1, -0.05) is 0 Å². The minimum atomic E-state index is -4.39. The number of nitrogens with zero attached hydrogens (tertiary/aromatic N) is 2. The fourth-order valence-electron chi connectivity index (χ4n) is 3.22. The van der Waals surface area contributed by atoms with Crippen LogP contribution in [0.4, 0.5) is 24.5 Å². The Bertz CT molecular complexity index is 856. The van der Waals surface area contributed by atoms with Crippen molar-refractivity contribution in [2.45, 2.75) is 13.1 Å². The first-order valence-corrected chi connectivity index (χ1v) is 9.28. The van der Waals surface area contributed by atoms with E-state index in [1.54, 1.807) is 0 Å². The first-order chi connectivity index (χ1) is 13.7. The number of carbonyl (C=O) groups excluding carboxylic acids is 2. The Hall–Kier alpha value is -2.87. The highest BCUT2D eigenvalue weighted by Crippen LogP contribution is 2.29. The number of hydrogen-bond acceptors (Lipinski definition) is 4. The molecule has 0 aromatic heterocycles. The molecule has 2 aromatic rings. The number of amides is 1. The molecule has 1 amide bonds. The molecule has 0 radical (unpaired) electrons. The lowest BCUT2D eigenvalue weighted by atomic mass is 10.1. The van der Waals surface area contributed by atoms with Gasteiger partial charge < -0.3 is 10.2 Å². The summed E-state index contributed by atoms with van der Waals surface area (Å²) in [7, 11) is 0. The summed E-state index contributed by atoms with van der Waals surface area (Å²) in [4.78, 5) is 27.7. The van der Waals surface area contributed by atoms with Crippen molar-refractivity contribution in [1.82, 2.24) is 4.90 Å². The first kappa shape index (κ1) is 20.9. The van der Waals surface area contributed by atoms with E-state index in [2.05, 4.69) is 10.2 Å². The summed E-state index contributed by atoms with van der Waals surface area (Å²) in [5, 5.41) is 2.63. The van der Waals surface area contributed by atoms with Crippen LogP contribution in [0.25, 0.3) is 0 Å². The third-order valence-electron chi connectivity index (χ3n) is 4.87. The number of Topliss-reactive ketones (excluding diaryl/α,β-unsaturated/α-hetero) is 1. The molecule has 29 heavy (non-hydrogen) atoms. The molecular formula is C21H22F3N3O2. The number of benzene rings is 2. The van der Waals surface area contributed by atoms with Gasteiger partial charge in [0.1, 0.15) is 0 Å². The maximum absolute atomic E-state index is 12.6. The van der Waals surface area contributed by atoms with E-state index in [0.29, 0.717) is 24.3 Å². The fraction of sp³-hybridized carbons (Fsp3) is 0.333. The summed E-state index contributed by atoms with van der Waals surface area (Å²) in [6.45, 7) is 4.57. The fourth-order valence-corrected chi connectivity index (χ4v) is 3.22. The van der Waals surface area contributed by atoms with Crippen molar-refractivity contribution < 1.29 is 22.8 Å². The molecule has 154 valence electrons. The molecule has 1 saturated heterocycles. The standard InChI is InChI=1S/C21H22F3N3O2/c1-15(28)16-2-8-19(9-3-16)27-12-10-26(11-13-27)14-20(29)25-18-6-4-17(5-7-18)21(22,23)24/h2-9H,10-14H2,1H3,(H,25,29). The van der Waals surface area contributed by atoms with Crippen LogP contribution in [-0.4, -0.2) is 49.3 Å². The summed E-state index contributed by atoms with van der Waals surface area (Å²) >= 11 is 0. The molecule has 1 aliphatic rings. The number of halogens is 3. The molecule has 3 rings (SSSR count). The average Bonchev–Trinajstić information content (AvgIpc) is 2.68. The number of nitrogens with one attached hydrogen (secondary N) is 1. The number of alkyl halides is 3. The topological polar surface area (TPSA) is 52.7 Å². The SMILES string of the molecule is CC(=O)c1ccc(N2CCN(CC(=O)Nc3ccc(C(F)(F)F)cc3)CC2)cc1. The second kappa shape index (κ2) is 8.65. The summed E-state index contributed by atoms with van der Waals surface area (Å²) in [5.74, 6) is -0.232. The third-order valence-corrected chi connectivity index (χ3v) is 4.87. The van der Waals surface area contributed by atoms with E-state index < -0.39 is 11.7 Å². The van der Waals surface area contributed by atoms with Crippen molar-refractivity contribution in [3.8, 4) is 0 Å². The lowest BCUT2D eigenvalue weighted by Crippen LogP contribution is -2.48. The quantitative estimate of drug-likeness (QED) is 0.772. The Kier molecular flexibility index (Phi) is 6.22. The predicted molar refractivity (Wildman–Crippen MR) is 105 cm³/mol. The lowest BCUT2D eigenvalue weighted by Gasteiger charge is -2.35. The van der Waals surface area contributed by atoms with Crippen LogP contribution in [-0.2, 0) is 11.0 Å². The van der Waals surface area contributed by atoms with Crippen LogP contribution in [0.1, 0.15) is 22.8 Å². The zero-order valence-corrected chi connectivity index (χ0v) is 16.0. The van der Waals surface area contributed by atoms with Gasteiger partial charge in [-0.2, -0.15) is 13.2 Å². The average molecular weight is 405 g/mol. The second-order valence-electron chi connectivity index (χ2n) is 6.99. The van der Waals surface area contributed by atoms with Crippen LogP contribution in [0.15, 0.2) is 48.5 Å². The molecule has 0 saturated carbocycles. The molecule has 0 unspecified atom stereocenters. The Morgan fingerprint density at radius 3 is 2.03 bits per heavy atom. The summed E-state index contributed by atoms with van der Waals surface area (Å²) in [5.41, 5.74) is 1.30. The van der Waals surface area contributed by atoms with E-state index >= 15 is 0 Å². The van der Waals surface area contributed by atoms with Gasteiger partial charge >= 0.3 is 6.18 Å². The van der Waals surface area contributed by atoms with Crippen LogP contribution in [0.2, 0.25) is 0 Å². The van der Waals surface area contributed by atoms with E-state index in [1.165, 1.54) is 19.1 Å². The number of rotatable bonds is 5. The Labute approximate surface area is 167 Å². The molecule has 8 heteroatoms. The number of hydrogen-bond donors (Lipinski definition) is 1. The molecule has 1 heterocycles. The summed E-state index contributed by atoms with van der Waals surface area (Å²) in [6, 6.07) is 11.9. The van der Waals surface area contributed by atoms with Crippen LogP contribution in [0, 0.1) is 0 Å². The van der Waals surface area contributed by atoms with Gasteiger partial charge in [-0.3, -0.25) is 14.5 Å². The van der Waals surface area contributed by atoms with E-state index in [-0.39, 0.29) is 18.2 Å². The van der Waals surface area contributed by atoms with Crippen LogP contribution in [0.3, 0.4) is 0 Å². The van der Waals surface area contributed by atoms with Crippen LogP contribution in [0.5, 0.6) is 0 Å². The molecule has 0 atom stereocenters. The van der Waals surface area contributed by atoms with Crippen molar-refractivity contribution in [3.05, 3.63) is 59.7 Å². The molecule has 1 aliphatic heterocycles. The number of anilines is 2. The van der Waals surface area contributed by atoms with Gasteiger partial charge in [0.2, 0.25) is 5.91 Å². The predicted octanol–water partition coefficient (Wildman–Crippen LogP) is 3.67. The summed E-state index contributed by atoms with van der Waals surface area (Å²) < 4.78 is 37.8. The molecule has 0 spiro atoms. The highest BCUT2D eigenvalue weighted by molar-refractivity contribution is 5.94. The highest BCUT2D eigenvalue weighted by atomic mass is 19.4. The van der Waals surface area contributed by atoms with Crippen molar-refractivity contribution in [2.75, 3.05) is 42.9 Å². The number of carbonyl (C=O) groups is 2. The van der Waals surface area contributed by atoms with Crippen molar-refractivity contribution in [2.24, 2.45) is 0 Å². The largest absolute Gasteiger partial charge is 0.416 e. The molecule has 2 aromatic carbocycles. The van der Waals surface area contributed by atoms with Crippen molar-refractivity contribution in [3.63, 3.8) is 0 Å². The molecule has 1 N–H and O–H groups in total. The van der Waals surface area contributed by atoms with E-state index in [9.17, 15) is 22.8 Å². The summed E-state index contributed by atoms with van der Waals surface area (Å²) in [6.07, 6.45) is -4.39. The smallest absolute Gasteiger partial charge is 0.369 e. The zero-order valence-electron chi connectivity index (χ0n) is 16.0. The maximum atomic E-state index is 12.6. The molecule has 0 bridgehead atoms. The Morgan fingerprint density at radius 2 is 1.52 bits per heavy atom. The van der Waals surface area contributed by atoms with Gasteiger partial charge in [0.25, 0.3) is 0 Å². The second-order valence-corrected chi connectivity index (χ2v) is 6.99. The van der Waals surface area contributed by atoms with Gasteiger partial charge in [0.05, 0.1) is 12.1 Å². The molecule has 0 aliphatic carbocycles. The molecule has 5 nitrogen and oxygen atoms in total. The Morgan fingerprint density at radius 1 is 0.931 bits per heavy atom. The zero-order chi connectivity index (χ0) is 21.0. The Balaban J connectivity index is 1.47. The van der Waals surface area contributed by atoms with E-state index in [4.69, 9.17) is 0 Å². The first-order valence-electron chi connectivity index (χ1n) is 9.28. The number of ketones is 1. The van der Waals surface area contributed by atoms with E-state index in [0.717, 1.165) is 30.9 Å². The maximum Gasteiger partial charge on any atom is 0.416 e. The normalized spacial score (nSPS) is 15.2.